The molecule has 0 aliphatic carbocycles. The van der Waals surface area contributed by atoms with Crippen LogP contribution in [0.3, 0.4) is 0 Å². The fourth-order valence-corrected chi connectivity index (χ4v) is 2.18. The summed E-state index contributed by atoms with van der Waals surface area (Å²) >= 11 is 6.06. The Morgan fingerprint density at radius 1 is 1.32 bits per heavy atom. The molecular formula is C13H9ClFN3O. The first-order chi connectivity index (χ1) is 9.16. The number of furan rings is 1. The number of rotatable bonds is 2. The van der Waals surface area contributed by atoms with Crippen LogP contribution in [0.2, 0.25) is 5.02 Å². The summed E-state index contributed by atoms with van der Waals surface area (Å²) in [5.41, 5.74) is 7.65. The van der Waals surface area contributed by atoms with Gasteiger partial charge in [-0.3, -0.25) is 5.10 Å². The van der Waals surface area contributed by atoms with Gasteiger partial charge in [0.05, 0.1) is 16.8 Å². The van der Waals surface area contributed by atoms with E-state index >= 15 is 0 Å². The Bertz CT molecular complexity index is 722. The van der Waals surface area contributed by atoms with Crippen LogP contribution in [0.4, 0.5) is 10.2 Å². The molecule has 0 aliphatic rings. The Kier molecular flexibility index (Phi) is 2.76. The third kappa shape index (κ3) is 1.98. The summed E-state index contributed by atoms with van der Waals surface area (Å²) in [5, 5.41) is 7.01. The van der Waals surface area contributed by atoms with Gasteiger partial charge in [0.15, 0.2) is 11.6 Å². The van der Waals surface area contributed by atoms with E-state index in [9.17, 15) is 4.39 Å². The van der Waals surface area contributed by atoms with E-state index in [-0.39, 0.29) is 10.8 Å². The minimum atomic E-state index is -0.407. The summed E-state index contributed by atoms with van der Waals surface area (Å²) in [5.74, 6) is 0.454. The van der Waals surface area contributed by atoms with Gasteiger partial charge in [0, 0.05) is 5.56 Å². The van der Waals surface area contributed by atoms with Crippen molar-refractivity contribution in [2.75, 3.05) is 5.73 Å². The highest BCUT2D eigenvalue weighted by Gasteiger charge is 2.18. The Labute approximate surface area is 113 Å². The summed E-state index contributed by atoms with van der Waals surface area (Å²) in [6, 6.07) is 7.64. The van der Waals surface area contributed by atoms with Crippen molar-refractivity contribution in [1.29, 1.82) is 0 Å². The smallest absolute Gasteiger partial charge is 0.153 e. The predicted molar refractivity (Wildman–Crippen MR) is 71.1 cm³/mol. The average Bonchev–Trinajstić information content (AvgIpc) is 2.99. The molecule has 0 bridgehead atoms. The molecule has 0 spiro atoms. The van der Waals surface area contributed by atoms with Crippen LogP contribution < -0.4 is 5.73 Å². The van der Waals surface area contributed by atoms with Crippen LogP contribution in [0.25, 0.3) is 22.6 Å². The van der Waals surface area contributed by atoms with Crippen LogP contribution in [0, 0.1) is 5.82 Å². The molecule has 6 heteroatoms. The first-order valence-corrected chi connectivity index (χ1v) is 5.88. The monoisotopic (exact) mass is 277 g/mol. The van der Waals surface area contributed by atoms with E-state index in [0.717, 1.165) is 0 Å². The first-order valence-electron chi connectivity index (χ1n) is 5.50. The SMILES string of the molecule is Nc1n[nH]c(-c2ccco2)c1-c1ccc(F)cc1Cl. The van der Waals surface area contributed by atoms with Crippen molar-refractivity contribution < 1.29 is 8.81 Å². The molecule has 0 fully saturated rings. The summed E-state index contributed by atoms with van der Waals surface area (Å²) in [4.78, 5) is 0. The lowest BCUT2D eigenvalue weighted by molar-refractivity contribution is 0.580. The Hall–Kier alpha value is -2.27. The van der Waals surface area contributed by atoms with Crippen molar-refractivity contribution in [2.45, 2.75) is 0 Å². The van der Waals surface area contributed by atoms with Gasteiger partial charge < -0.3 is 10.2 Å². The van der Waals surface area contributed by atoms with Gasteiger partial charge in [0.25, 0.3) is 0 Å². The third-order valence-corrected chi connectivity index (χ3v) is 3.08. The summed E-state index contributed by atoms with van der Waals surface area (Å²) in [6.45, 7) is 0. The molecule has 1 aromatic carbocycles. The van der Waals surface area contributed by atoms with E-state index in [1.54, 1.807) is 24.5 Å². The topological polar surface area (TPSA) is 67.8 Å². The standard InChI is InChI=1S/C13H9ClFN3O/c14-9-6-7(15)3-4-8(9)11-12(17-18-13(11)16)10-2-1-5-19-10/h1-6H,(H3,16,17,18). The number of aromatic amines is 1. The number of benzene rings is 1. The van der Waals surface area contributed by atoms with Gasteiger partial charge in [-0.1, -0.05) is 11.6 Å². The minimum absolute atomic E-state index is 0.265. The van der Waals surface area contributed by atoms with Crippen molar-refractivity contribution >= 4 is 17.4 Å². The van der Waals surface area contributed by atoms with E-state index in [0.29, 0.717) is 22.6 Å². The fraction of sp³-hybridized carbons (Fsp3) is 0. The van der Waals surface area contributed by atoms with Crippen LogP contribution in [-0.4, -0.2) is 10.2 Å². The molecule has 0 saturated carbocycles. The number of anilines is 1. The number of aromatic nitrogens is 2. The molecule has 0 amide bonds. The second kappa shape index (κ2) is 4.44. The lowest BCUT2D eigenvalue weighted by Crippen LogP contribution is -1.90. The number of hydrogen-bond donors (Lipinski definition) is 2. The zero-order valence-corrected chi connectivity index (χ0v) is 10.4. The fourth-order valence-electron chi connectivity index (χ4n) is 1.92. The van der Waals surface area contributed by atoms with Gasteiger partial charge in [-0.25, -0.2) is 4.39 Å². The molecule has 4 nitrogen and oxygen atoms in total. The highest BCUT2D eigenvalue weighted by molar-refractivity contribution is 6.33. The molecule has 19 heavy (non-hydrogen) atoms. The Morgan fingerprint density at radius 3 is 2.84 bits per heavy atom. The lowest BCUT2D eigenvalue weighted by Gasteiger charge is -2.05. The van der Waals surface area contributed by atoms with Gasteiger partial charge >= 0.3 is 0 Å². The number of H-pyrrole nitrogens is 1. The van der Waals surface area contributed by atoms with E-state index in [4.69, 9.17) is 21.8 Å². The summed E-state index contributed by atoms with van der Waals surface area (Å²) in [7, 11) is 0. The van der Waals surface area contributed by atoms with Crippen molar-refractivity contribution in [3.8, 4) is 22.6 Å². The highest BCUT2D eigenvalue weighted by Crippen LogP contribution is 2.38. The molecule has 96 valence electrons. The van der Waals surface area contributed by atoms with E-state index in [1.165, 1.54) is 12.1 Å². The van der Waals surface area contributed by atoms with Crippen LogP contribution in [0.5, 0.6) is 0 Å². The van der Waals surface area contributed by atoms with Gasteiger partial charge in [0.1, 0.15) is 11.5 Å². The van der Waals surface area contributed by atoms with Crippen molar-refractivity contribution in [3.63, 3.8) is 0 Å². The largest absolute Gasteiger partial charge is 0.463 e. The van der Waals surface area contributed by atoms with Crippen molar-refractivity contribution in [3.05, 3.63) is 47.4 Å². The highest BCUT2D eigenvalue weighted by atomic mass is 35.5. The number of nitrogens with one attached hydrogen (secondary N) is 1. The Morgan fingerprint density at radius 2 is 2.16 bits per heavy atom. The molecule has 3 N–H and O–H groups in total. The van der Waals surface area contributed by atoms with Crippen LogP contribution >= 0.6 is 11.6 Å². The maximum Gasteiger partial charge on any atom is 0.153 e. The maximum atomic E-state index is 13.1. The molecule has 3 rings (SSSR count). The van der Waals surface area contributed by atoms with E-state index in [2.05, 4.69) is 10.2 Å². The number of hydrogen-bond acceptors (Lipinski definition) is 3. The zero-order chi connectivity index (χ0) is 13.4. The first kappa shape index (κ1) is 11.8. The van der Waals surface area contributed by atoms with Gasteiger partial charge in [0.2, 0.25) is 0 Å². The Balaban J connectivity index is 2.22. The normalized spacial score (nSPS) is 10.8. The molecule has 0 aliphatic heterocycles. The summed E-state index contributed by atoms with van der Waals surface area (Å²) in [6.07, 6.45) is 1.54. The molecular weight excluding hydrogens is 269 g/mol. The molecule has 0 radical (unpaired) electrons. The van der Waals surface area contributed by atoms with Gasteiger partial charge in [-0.2, -0.15) is 5.10 Å². The second-order valence-electron chi connectivity index (χ2n) is 3.96. The molecule has 2 aromatic heterocycles. The third-order valence-electron chi connectivity index (χ3n) is 2.76. The van der Waals surface area contributed by atoms with Crippen molar-refractivity contribution in [1.82, 2.24) is 10.2 Å². The van der Waals surface area contributed by atoms with E-state index in [1.807, 2.05) is 0 Å². The van der Waals surface area contributed by atoms with Crippen LogP contribution in [-0.2, 0) is 0 Å². The molecule has 0 saturated heterocycles. The van der Waals surface area contributed by atoms with Crippen molar-refractivity contribution in [2.24, 2.45) is 0 Å². The predicted octanol–water partition coefficient (Wildman–Crippen LogP) is 3.71. The maximum absolute atomic E-state index is 13.1. The van der Waals surface area contributed by atoms with Crippen LogP contribution in [0.1, 0.15) is 0 Å². The zero-order valence-electron chi connectivity index (χ0n) is 9.65. The van der Waals surface area contributed by atoms with Gasteiger partial charge in [-0.15, -0.1) is 0 Å². The lowest BCUT2D eigenvalue weighted by atomic mass is 10.0. The number of halogens is 2. The quantitative estimate of drug-likeness (QED) is 0.750. The molecule has 0 unspecified atom stereocenters. The minimum Gasteiger partial charge on any atom is -0.463 e. The van der Waals surface area contributed by atoms with Crippen LogP contribution in [0.15, 0.2) is 41.0 Å². The van der Waals surface area contributed by atoms with Gasteiger partial charge in [-0.05, 0) is 30.3 Å². The summed E-state index contributed by atoms with van der Waals surface area (Å²) < 4.78 is 18.4. The molecule has 0 atom stereocenters. The molecule has 2 heterocycles. The van der Waals surface area contributed by atoms with E-state index < -0.39 is 5.82 Å². The number of nitrogens with two attached hydrogens (primary N) is 1. The second-order valence-corrected chi connectivity index (χ2v) is 4.37. The number of nitrogen functional groups attached to an aromatic ring is 1. The number of nitrogens with zero attached hydrogens (tertiary/aromatic N) is 1. The average molecular weight is 278 g/mol. The molecule has 3 aromatic rings.